The fourth-order valence-corrected chi connectivity index (χ4v) is 6.38. The van der Waals surface area contributed by atoms with Gasteiger partial charge in [0.05, 0.1) is 46.6 Å². The minimum absolute atomic E-state index is 0.280. The molecule has 0 bridgehead atoms. The van der Waals surface area contributed by atoms with Gasteiger partial charge in [-0.3, -0.25) is 24.4 Å². The van der Waals surface area contributed by atoms with Gasteiger partial charge in [-0.1, -0.05) is 0 Å². The molecule has 12 nitrogen and oxygen atoms in total. The Bertz CT molecular complexity index is 1400. The van der Waals surface area contributed by atoms with Crippen LogP contribution in [0.25, 0.3) is 10.6 Å². The third-order valence-electron chi connectivity index (χ3n) is 6.56. The van der Waals surface area contributed by atoms with Crippen LogP contribution in [0.15, 0.2) is 36.9 Å². The molecule has 4 heterocycles. The van der Waals surface area contributed by atoms with Gasteiger partial charge in [-0.05, 0) is 38.9 Å². The van der Waals surface area contributed by atoms with Gasteiger partial charge in [-0.15, -0.1) is 11.3 Å². The maximum absolute atomic E-state index is 13.4. The Morgan fingerprint density at radius 3 is 2.72 bits per heavy atom. The number of ether oxygens (including phenoxy) is 1. The molecule has 39 heavy (non-hydrogen) atoms. The van der Waals surface area contributed by atoms with Crippen molar-refractivity contribution in [2.75, 3.05) is 51.1 Å². The lowest BCUT2D eigenvalue weighted by Gasteiger charge is -2.34. The first-order valence-electron chi connectivity index (χ1n) is 12.9. The van der Waals surface area contributed by atoms with Gasteiger partial charge < -0.3 is 15.0 Å². The molecule has 208 valence electrons. The molecule has 1 amide bonds. The standard InChI is InChI=1S/C25H32N8O4S2/c1-3-37-23-15-26-13-20(29-23)22-14-28-25(38-22)24(34)30-21(16-33-10-8-32(2)9-11-33)19-12-17(6-7-27-19)31-39(35,36)18-4-5-18/h6-7,12-15,18,21H,3-5,8-11,16H2,1-2H3,(H,27,31)(H,30,34)/t21-/m0/s1. The van der Waals surface area contributed by atoms with Crippen LogP contribution < -0.4 is 14.8 Å². The number of piperazine rings is 1. The second-order valence-corrected chi connectivity index (χ2v) is 12.6. The summed E-state index contributed by atoms with van der Waals surface area (Å²) in [5.74, 6) is 0.0648. The summed E-state index contributed by atoms with van der Waals surface area (Å²) < 4.78 is 33.1. The number of likely N-dealkylation sites (N-methyl/N-ethyl adjacent to an activating group) is 1. The van der Waals surface area contributed by atoms with Gasteiger partial charge in [-0.25, -0.2) is 18.4 Å². The number of amides is 1. The first-order chi connectivity index (χ1) is 18.8. The lowest BCUT2D eigenvalue weighted by Crippen LogP contribution is -2.48. The van der Waals surface area contributed by atoms with Crippen LogP contribution in [0, 0.1) is 0 Å². The summed E-state index contributed by atoms with van der Waals surface area (Å²) in [6.45, 7) is 6.43. The third kappa shape index (κ3) is 7.06. The molecule has 0 aromatic carbocycles. The Hall–Kier alpha value is -3.20. The molecule has 1 aliphatic carbocycles. The highest BCUT2D eigenvalue weighted by molar-refractivity contribution is 7.93. The highest BCUT2D eigenvalue weighted by Crippen LogP contribution is 2.30. The number of thiazole rings is 1. The number of nitrogens with one attached hydrogen (secondary N) is 2. The van der Waals surface area contributed by atoms with E-state index in [1.54, 1.807) is 30.7 Å². The molecule has 0 radical (unpaired) electrons. The molecule has 3 aromatic rings. The molecule has 3 aromatic heterocycles. The van der Waals surface area contributed by atoms with Crippen LogP contribution in [-0.2, 0) is 10.0 Å². The third-order valence-corrected chi connectivity index (χ3v) is 9.45. The van der Waals surface area contributed by atoms with Crippen LogP contribution in [0.2, 0.25) is 0 Å². The lowest BCUT2D eigenvalue weighted by molar-refractivity contribution is 0.0905. The number of rotatable bonds is 11. The number of nitrogens with zero attached hydrogens (tertiary/aromatic N) is 6. The van der Waals surface area contributed by atoms with E-state index in [1.165, 1.54) is 17.5 Å². The van der Waals surface area contributed by atoms with Gasteiger partial charge >= 0.3 is 0 Å². The maximum atomic E-state index is 13.4. The molecule has 5 rings (SSSR count). The average molecular weight is 573 g/mol. The quantitative estimate of drug-likeness (QED) is 0.350. The molecule has 1 saturated carbocycles. The van der Waals surface area contributed by atoms with E-state index < -0.39 is 16.1 Å². The van der Waals surface area contributed by atoms with Crippen molar-refractivity contribution in [1.82, 2.24) is 35.1 Å². The topological polar surface area (TPSA) is 143 Å². The molecule has 0 unspecified atom stereocenters. The molecule has 0 spiro atoms. The van der Waals surface area contributed by atoms with Gasteiger partial charge in [-0.2, -0.15) is 0 Å². The van der Waals surface area contributed by atoms with Crippen molar-refractivity contribution < 1.29 is 17.9 Å². The fraction of sp³-hybridized carbons (Fsp3) is 0.480. The fourth-order valence-electron chi connectivity index (χ4n) is 4.23. The molecular weight excluding hydrogens is 540 g/mol. The summed E-state index contributed by atoms with van der Waals surface area (Å²) in [6.07, 6.45) is 7.65. The predicted octanol–water partition coefficient (Wildman–Crippen LogP) is 2.02. The molecule has 2 fully saturated rings. The number of anilines is 1. The van der Waals surface area contributed by atoms with E-state index in [0.29, 0.717) is 53.8 Å². The summed E-state index contributed by atoms with van der Waals surface area (Å²) in [5.41, 5.74) is 1.59. The van der Waals surface area contributed by atoms with Crippen LogP contribution >= 0.6 is 11.3 Å². The Morgan fingerprint density at radius 1 is 1.18 bits per heavy atom. The van der Waals surface area contributed by atoms with E-state index in [-0.39, 0.29) is 16.2 Å². The summed E-state index contributed by atoms with van der Waals surface area (Å²) in [5, 5.41) is 3.02. The van der Waals surface area contributed by atoms with Gasteiger partial charge in [0, 0.05) is 45.1 Å². The maximum Gasteiger partial charge on any atom is 0.280 e. The molecule has 1 saturated heterocycles. The van der Waals surface area contributed by atoms with Gasteiger partial charge in [0.25, 0.3) is 5.91 Å². The zero-order chi connectivity index (χ0) is 27.4. The van der Waals surface area contributed by atoms with E-state index >= 15 is 0 Å². The van der Waals surface area contributed by atoms with Crippen LogP contribution in [0.5, 0.6) is 5.88 Å². The zero-order valence-corrected chi connectivity index (χ0v) is 23.5. The summed E-state index contributed by atoms with van der Waals surface area (Å²) in [7, 11) is -1.34. The number of carbonyl (C=O) groups excluding carboxylic acids is 1. The Labute approximate surface area is 231 Å². The van der Waals surface area contributed by atoms with Crippen molar-refractivity contribution in [3.63, 3.8) is 0 Å². The number of sulfonamides is 1. The summed E-state index contributed by atoms with van der Waals surface area (Å²) >= 11 is 1.21. The molecule has 2 N–H and O–H groups in total. The van der Waals surface area contributed by atoms with Crippen molar-refractivity contribution in [3.8, 4) is 16.5 Å². The van der Waals surface area contributed by atoms with E-state index in [4.69, 9.17) is 4.74 Å². The van der Waals surface area contributed by atoms with Crippen LogP contribution in [0.4, 0.5) is 5.69 Å². The lowest BCUT2D eigenvalue weighted by atomic mass is 10.1. The minimum atomic E-state index is -3.42. The first kappa shape index (κ1) is 27.4. The van der Waals surface area contributed by atoms with Gasteiger partial charge in [0.2, 0.25) is 15.9 Å². The molecular formula is C25H32N8O4S2. The Kier molecular flexibility index (Phi) is 8.35. The van der Waals surface area contributed by atoms with Crippen molar-refractivity contribution in [2.24, 2.45) is 0 Å². The normalized spacial score (nSPS) is 17.5. The van der Waals surface area contributed by atoms with Crippen LogP contribution in [-0.4, -0.2) is 95.7 Å². The van der Waals surface area contributed by atoms with Gasteiger partial charge in [0.15, 0.2) is 5.01 Å². The molecule has 14 heteroatoms. The zero-order valence-electron chi connectivity index (χ0n) is 21.9. The molecule has 2 aliphatic rings. The van der Waals surface area contributed by atoms with Crippen LogP contribution in [0.3, 0.4) is 0 Å². The highest BCUT2D eigenvalue weighted by atomic mass is 32.2. The first-order valence-corrected chi connectivity index (χ1v) is 15.3. The second kappa shape index (κ2) is 11.9. The second-order valence-electron chi connectivity index (χ2n) is 9.65. The van der Waals surface area contributed by atoms with Crippen LogP contribution in [0.1, 0.15) is 41.3 Å². The number of hydrogen-bond donors (Lipinski definition) is 2. The Morgan fingerprint density at radius 2 is 1.97 bits per heavy atom. The number of pyridine rings is 1. The highest BCUT2D eigenvalue weighted by Gasteiger charge is 2.36. The van der Waals surface area contributed by atoms with Crippen molar-refractivity contribution in [1.29, 1.82) is 0 Å². The predicted molar refractivity (Wildman–Crippen MR) is 148 cm³/mol. The van der Waals surface area contributed by atoms with Crippen molar-refractivity contribution in [2.45, 2.75) is 31.1 Å². The number of hydrogen-bond acceptors (Lipinski definition) is 11. The average Bonchev–Trinajstić information content (AvgIpc) is 3.68. The number of aromatic nitrogens is 4. The van der Waals surface area contributed by atoms with Crippen molar-refractivity contribution in [3.05, 3.63) is 47.6 Å². The van der Waals surface area contributed by atoms with E-state index in [0.717, 1.165) is 26.2 Å². The Balaban J connectivity index is 1.35. The summed E-state index contributed by atoms with van der Waals surface area (Å²) in [6, 6.07) is 2.85. The number of carbonyl (C=O) groups is 1. The van der Waals surface area contributed by atoms with Crippen molar-refractivity contribution >= 4 is 33.0 Å². The SMILES string of the molecule is CCOc1cncc(-c2cnc(C(=O)N[C@@H](CN3CCN(C)CC3)c3cc(NS(=O)(=O)C4CC4)ccn3)s2)n1. The monoisotopic (exact) mass is 572 g/mol. The van der Waals surface area contributed by atoms with E-state index in [9.17, 15) is 13.2 Å². The largest absolute Gasteiger partial charge is 0.477 e. The van der Waals surface area contributed by atoms with E-state index in [2.05, 4.69) is 46.8 Å². The minimum Gasteiger partial charge on any atom is -0.477 e. The van der Waals surface area contributed by atoms with E-state index in [1.807, 2.05) is 6.92 Å². The summed E-state index contributed by atoms with van der Waals surface area (Å²) in [4.78, 5) is 36.0. The smallest absolute Gasteiger partial charge is 0.280 e. The molecule has 1 atom stereocenters. The van der Waals surface area contributed by atoms with Gasteiger partial charge in [0.1, 0.15) is 5.69 Å². The molecule has 1 aliphatic heterocycles.